The first-order valence-electron chi connectivity index (χ1n) is 5.49. The van der Waals surface area contributed by atoms with Crippen LogP contribution in [0.4, 0.5) is 18.6 Å². The molecule has 8 heteroatoms. The molecule has 0 atom stereocenters. The van der Waals surface area contributed by atoms with E-state index in [1.165, 1.54) is 12.3 Å². The summed E-state index contributed by atoms with van der Waals surface area (Å²) in [5.74, 6) is 0. The van der Waals surface area contributed by atoms with Crippen molar-refractivity contribution >= 4 is 12.7 Å². The van der Waals surface area contributed by atoms with E-state index in [9.17, 15) is 17.7 Å². The second kappa shape index (κ2) is 4.42. The van der Waals surface area contributed by atoms with E-state index in [2.05, 4.69) is 5.10 Å². The first kappa shape index (κ1) is 12.0. The molecule has 0 spiro atoms. The van der Waals surface area contributed by atoms with Crippen molar-refractivity contribution in [1.82, 2.24) is 9.78 Å². The summed E-state index contributed by atoms with van der Waals surface area (Å²) in [6.45, 7) is -3.38. The van der Waals surface area contributed by atoms with Crippen molar-refractivity contribution in [2.24, 2.45) is 0 Å². The van der Waals surface area contributed by atoms with E-state index in [1.807, 2.05) is 4.90 Å². The second-order valence-electron chi connectivity index (χ2n) is 4.14. The van der Waals surface area contributed by atoms with Gasteiger partial charge >= 0.3 is 6.98 Å². The fourth-order valence-electron chi connectivity index (χ4n) is 1.91. The SMILES string of the molecule is O=c1cc(N2CCCC2)cnn1C[B-](F)(F)F. The van der Waals surface area contributed by atoms with Crippen molar-refractivity contribution < 1.29 is 12.9 Å². The van der Waals surface area contributed by atoms with Gasteiger partial charge < -0.3 is 17.8 Å². The highest BCUT2D eigenvalue weighted by molar-refractivity contribution is 6.57. The summed E-state index contributed by atoms with van der Waals surface area (Å²) >= 11 is 0. The number of hydrogen-bond donors (Lipinski definition) is 0. The third kappa shape index (κ3) is 3.01. The third-order valence-electron chi connectivity index (χ3n) is 2.71. The number of hydrogen-bond acceptors (Lipinski definition) is 3. The molecule has 0 radical (unpaired) electrons. The standard InChI is InChI=1S/C9H12BF3N3O/c11-10(12,13)7-16-9(17)5-8(6-14-16)15-3-1-2-4-15/h5-6H,1-4,7H2/q-1. The van der Waals surface area contributed by atoms with Crippen LogP contribution in [0.3, 0.4) is 0 Å². The zero-order valence-corrected chi connectivity index (χ0v) is 9.15. The van der Waals surface area contributed by atoms with Gasteiger partial charge in [0.05, 0.1) is 11.9 Å². The number of anilines is 1. The molecule has 94 valence electrons. The molecule has 0 aliphatic carbocycles. The Hall–Kier alpha value is -1.47. The summed E-state index contributed by atoms with van der Waals surface area (Å²) in [4.78, 5) is 13.4. The minimum atomic E-state index is -5.04. The highest BCUT2D eigenvalue weighted by Gasteiger charge is 2.25. The third-order valence-corrected chi connectivity index (χ3v) is 2.71. The van der Waals surface area contributed by atoms with Crippen molar-refractivity contribution in [3.8, 4) is 0 Å². The first-order chi connectivity index (χ1) is 7.96. The monoisotopic (exact) mass is 246 g/mol. The minimum Gasteiger partial charge on any atom is -0.448 e. The minimum absolute atomic E-state index is 0.458. The predicted octanol–water partition coefficient (Wildman–Crippen LogP) is 1.23. The lowest BCUT2D eigenvalue weighted by Gasteiger charge is -2.18. The summed E-state index contributed by atoms with van der Waals surface area (Å²) in [6, 6.07) is 1.22. The van der Waals surface area contributed by atoms with Gasteiger partial charge in [-0.05, 0) is 12.8 Å². The number of aromatic nitrogens is 2. The molecule has 17 heavy (non-hydrogen) atoms. The van der Waals surface area contributed by atoms with Gasteiger partial charge in [0, 0.05) is 25.6 Å². The van der Waals surface area contributed by atoms with Gasteiger partial charge in [-0.3, -0.25) is 9.48 Å². The molecule has 2 heterocycles. The molecule has 1 fully saturated rings. The lowest BCUT2D eigenvalue weighted by molar-refractivity contribution is 0.430. The van der Waals surface area contributed by atoms with Crippen molar-refractivity contribution in [1.29, 1.82) is 0 Å². The topological polar surface area (TPSA) is 38.1 Å². The van der Waals surface area contributed by atoms with Gasteiger partial charge in [-0.15, -0.1) is 0 Å². The Bertz CT molecular complexity index is 454. The summed E-state index contributed by atoms with van der Waals surface area (Å²) < 4.78 is 37.0. The summed E-state index contributed by atoms with van der Waals surface area (Å²) in [7, 11) is 0. The predicted molar refractivity (Wildman–Crippen MR) is 59.0 cm³/mol. The maximum Gasteiger partial charge on any atom is 0.499 e. The van der Waals surface area contributed by atoms with Crippen LogP contribution in [-0.4, -0.2) is 29.8 Å². The highest BCUT2D eigenvalue weighted by Crippen LogP contribution is 2.17. The van der Waals surface area contributed by atoms with E-state index >= 15 is 0 Å². The van der Waals surface area contributed by atoms with Gasteiger partial charge in [-0.1, -0.05) is 0 Å². The average Bonchev–Trinajstić information content (AvgIpc) is 2.72. The molecule has 1 aromatic heterocycles. The van der Waals surface area contributed by atoms with E-state index < -0.39 is 19.0 Å². The Labute approximate surface area is 96.1 Å². The van der Waals surface area contributed by atoms with Crippen LogP contribution in [0.2, 0.25) is 0 Å². The van der Waals surface area contributed by atoms with Gasteiger partial charge in [0.1, 0.15) is 0 Å². The molecule has 1 aliphatic heterocycles. The van der Waals surface area contributed by atoms with Crippen LogP contribution in [0.5, 0.6) is 0 Å². The zero-order valence-electron chi connectivity index (χ0n) is 9.15. The summed E-state index contributed by atoms with van der Waals surface area (Å²) in [6.07, 6.45) is 2.12. The molecule has 0 amide bonds. The van der Waals surface area contributed by atoms with Crippen molar-refractivity contribution in [2.45, 2.75) is 19.3 Å². The van der Waals surface area contributed by atoms with Gasteiger partial charge in [0.25, 0.3) is 5.56 Å². The molecule has 1 aromatic rings. The maximum absolute atomic E-state index is 12.2. The lowest BCUT2D eigenvalue weighted by Crippen LogP contribution is -2.34. The number of nitrogens with zero attached hydrogens (tertiary/aromatic N) is 3. The maximum atomic E-state index is 12.2. The van der Waals surface area contributed by atoms with E-state index in [0.29, 0.717) is 10.4 Å². The molecule has 1 aliphatic rings. The Morgan fingerprint density at radius 1 is 1.29 bits per heavy atom. The largest absolute Gasteiger partial charge is 0.499 e. The van der Waals surface area contributed by atoms with E-state index in [-0.39, 0.29) is 0 Å². The van der Waals surface area contributed by atoms with Crippen LogP contribution < -0.4 is 10.5 Å². The molecular formula is C9H12BF3N3O-. The van der Waals surface area contributed by atoms with Crippen LogP contribution in [0, 0.1) is 0 Å². The molecule has 0 aromatic carbocycles. The molecular weight excluding hydrogens is 234 g/mol. The molecule has 0 N–H and O–H groups in total. The Morgan fingerprint density at radius 2 is 1.94 bits per heavy atom. The number of rotatable bonds is 3. The molecule has 2 rings (SSSR count). The molecule has 1 saturated heterocycles. The Morgan fingerprint density at radius 3 is 2.47 bits per heavy atom. The van der Waals surface area contributed by atoms with Gasteiger partial charge in [-0.25, -0.2) is 0 Å². The average molecular weight is 246 g/mol. The smallest absolute Gasteiger partial charge is 0.448 e. The fraction of sp³-hybridized carbons (Fsp3) is 0.556. The second-order valence-corrected chi connectivity index (χ2v) is 4.14. The Balaban J connectivity index is 2.19. The fourth-order valence-corrected chi connectivity index (χ4v) is 1.91. The zero-order chi connectivity index (χ0) is 12.5. The molecule has 4 nitrogen and oxygen atoms in total. The molecule has 0 saturated carbocycles. The van der Waals surface area contributed by atoms with Crippen LogP contribution in [0.15, 0.2) is 17.1 Å². The van der Waals surface area contributed by atoms with Crippen LogP contribution >= 0.6 is 0 Å². The summed E-state index contributed by atoms with van der Waals surface area (Å²) in [5, 5.41) is 3.57. The highest BCUT2D eigenvalue weighted by atomic mass is 19.4. The Kier molecular flexibility index (Phi) is 3.12. The van der Waals surface area contributed by atoms with Gasteiger partial charge in [0.15, 0.2) is 0 Å². The quantitative estimate of drug-likeness (QED) is 0.753. The van der Waals surface area contributed by atoms with E-state index in [0.717, 1.165) is 25.9 Å². The lowest BCUT2D eigenvalue weighted by atomic mass is 9.93. The summed E-state index contributed by atoms with van der Waals surface area (Å²) in [5.41, 5.74) is -0.0907. The van der Waals surface area contributed by atoms with Crippen LogP contribution in [0.25, 0.3) is 0 Å². The normalized spacial score (nSPS) is 16.5. The van der Waals surface area contributed by atoms with Crippen LogP contribution in [-0.2, 0) is 6.44 Å². The number of halogens is 3. The van der Waals surface area contributed by atoms with Gasteiger partial charge in [0.2, 0.25) is 0 Å². The van der Waals surface area contributed by atoms with Crippen molar-refractivity contribution in [3.63, 3.8) is 0 Å². The molecule has 0 bridgehead atoms. The van der Waals surface area contributed by atoms with E-state index in [1.54, 1.807) is 0 Å². The van der Waals surface area contributed by atoms with Crippen molar-refractivity contribution in [2.75, 3.05) is 18.0 Å². The van der Waals surface area contributed by atoms with Crippen LogP contribution in [0.1, 0.15) is 12.8 Å². The van der Waals surface area contributed by atoms with E-state index in [4.69, 9.17) is 0 Å². The van der Waals surface area contributed by atoms with Crippen molar-refractivity contribution in [3.05, 3.63) is 22.6 Å². The van der Waals surface area contributed by atoms with Gasteiger partial charge in [-0.2, -0.15) is 5.10 Å². The first-order valence-corrected chi connectivity index (χ1v) is 5.49. The molecule has 0 unspecified atom stereocenters.